The zero-order valence-corrected chi connectivity index (χ0v) is 12.8. The molecule has 1 amide bonds. The third kappa shape index (κ3) is 3.87. The summed E-state index contributed by atoms with van der Waals surface area (Å²) in [4.78, 5) is 13.4. The predicted octanol–water partition coefficient (Wildman–Crippen LogP) is 4.42. The van der Waals surface area contributed by atoms with E-state index in [1.807, 2.05) is 69.3 Å². The van der Waals surface area contributed by atoms with Gasteiger partial charge >= 0.3 is 0 Å². The van der Waals surface area contributed by atoms with Gasteiger partial charge in [0, 0.05) is 10.6 Å². The number of aryl methyl sites for hydroxylation is 2. The first-order valence-corrected chi connectivity index (χ1v) is 7.54. The summed E-state index contributed by atoms with van der Waals surface area (Å²) >= 11 is 1.57. The number of amides is 1. The minimum Gasteiger partial charge on any atom is -0.325 e. The minimum atomic E-state index is -0.127. The summed E-state index contributed by atoms with van der Waals surface area (Å²) in [5.41, 5.74) is 3.13. The van der Waals surface area contributed by atoms with Gasteiger partial charge in [0.2, 0.25) is 5.91 Å². The summed E-state index contributed by atoms with van der Waals surface area (Å²) in [5.74, 6) is 0.0348. The van der Waals surface area contributed by atoms with Crippen molar-refractivity contribution in [2.75, 3.05) is 5.32 Å². The Kier molecular flexibility index (Phi) is 4.85. The molecule has 0 unspecified atom stereocenters. The van der Waals surface area contributed by atoms with Crippen LogP contribution in [0.1, 0.15) is 18.1 Å². The second-order valence-electron chi connectivity index (χ2n) is 4.88. The molecule has 0 bridgehead atoms. The van der Waals surface area contributed by atoms with Crippen LogP contribution in [0.4, 0.5) is 5.69 Å². The van der Waals surface area contributed by atoms with Gasteiger partial charge in [0.15, 0.2) is 0 Å². The number of nitrogens with one attached hydrogen (secondary N) is 1. The Morgan fingerprint density at radius 2 is 1.80 bits per heavy atom. The summed E-state index contributed by atoms with van der Waals surface area (Å²) in [6.45, 7) is 5.96. The smallest absolute Gasteiger partial charge is 0.237 e. The molecular weight excluding hydrogens is 266 g/mol. The number of benzene rings is 2. The van der Waals surface area contributed by atoms with Crippen LogP contribution in [0.3, 0.4) is 0 Å². The summed E-state index contributed by atoms with van der Waals surface area (Å²) in [7, 11) is 0. The first-order valence-electron chi connectivity index (χ1n) is 6.66. The molecule has 3 heteroatoms. The lowest BCUT2D eigenvalue weighted by Crippen LogP contribution is -2.22. The molecule has 2 nitrogen and oxygen atoms in total. The zero-order chi connectivity index (χ0) is 14.5. The Bertz CT molecular complexity index is 595. The van der Waals surface area contributed by atoms with Gasteiger partial charge in [-0.05, 0) is 50.1 Å². The van der Waals surface area contributed by atoms with E-state index in [1.54, 1.807) is 11.8 Å². The highest BCUT2D eigenvalue weighted by atomic mass is 32.2. The Balaban J connectivity index is 2.02. The molecule has 0 spiro atoms. The van der Waals surface area contributed by atoms with Crippen LogP contribution in [0, 0.1) is 13.8 Å². The zero-order valence-electron chi connectivity index (χ0n) is 12.0. The highest BCUT2D eigenvalue weighted by molar-refractivity contribution is 8.00. The number of hydrogen-bond acceptors (Lipinski definition) is 2. The van der Waals surface area contributed by atoms with Crippen molar-refractivity contribution in [3.8, 4) is 0 Å². The van der Waals surface area contributed by atoms with E-state index in [0.717, 1.165) is 21.7 Å². The van der Waals surface area contributed by atoms with E-state index in [-0.39, 0.29) is 11.2 Å². The van der Waals surface area contributed by atoms with Crippen molar-refractivity contribution in [1.82, 2.24) is 0 Å². The Hall–Kier alpha value is -1.74. The first kappa shape index (κ1) is 14.7. The van der Waals surface area contributed by atoms with E-state index in [4.69, 9.17) is 0 Å². The number of carbonyl (C=O) groups is 1. The molecule has 0 saturated carbocycles. The lowest BCUT2D eigenvalue weighted by atomic mass is 10.1. The number of rotatable bonds is 4. The monoisotopic (exact) mass is 285 g/mol. The van der Waals surface area contributed by atoms with E-state index in [0.29, 0.717) is 0 Å². The molecule has 0 aliphatic heterocycles. The lowest BCUT2D eigenvalue weighted by Gasteiger charge is -2.14. The van der Waals surface area contributed by atoms with E-state index in [9.17, 15) is 4.79 Å². The molecule has 0 fully saturated rings. The van der Waals surface area contributed by atoms with Crippen molar-refractivity contribution in [1.29, 1.82) is 0 Å². The van der Waals surface area contributed by atoms with Crippen molar-refractivity contribution in [3.05, 3.63) is 59.7 Å². The Labute approximate surface area is 124 Å². The Morgan fingerprint density at radius 1 is 1.10 bits per heavy atom. The van der Waals surface area contributed by atoms with Crippen LogP contribution in [0.15, 0.2) is 53.4 Å². The summed E-state index contributed by atoms with van der Waals surface area (Å²) in [6.07, 6.45) is 0. The van der Waals surface area contributed by atoms with Gasteiger partial charge in [0.05, 0.1) is 5.25 Å². The SMILES string of the molecule is Cc1ccc(C)c(NC(=O)[C@H](C)Sc2ccccc2)c1. The molecule has 20 heavy (non-hydrogen) atoms. The van der Waals surface area contributed by atoms with Gasteiger partial charge in [-0.25, -0.2) is 0 Å². The highest BCUT2D eigenvalue weighted by Crippen LogP contribution is 2.24. The van der Waals surface area contributed by atoms with Crippen molar-refractivity contribution in [2.45, 2.75) is 30.9 Å². The van der Waals surface area contributed by atoms with Gasteiger partial charge in [-0.1, -0.05) is 30.3 Å². The second kappa shape index (κ2) is 6.62. The van der Waals surface area contributed by atoms with E-state index >= 15 is 0 Å². The quantitative estimate of drug-likeness (QED) is 0.842. The lowest BCUT2D eigenvalue weighted by molar-refractivity contribution is -0.115. The van der Waals surface area contributed by atoms with Crippen LogP contribution < -0.4 is 5.32 Å². The van der Waals surface area contributed by atoms with Crippen molar-refractivity contribution >= 4 is 23.4 Å². The van der Waals surface area contributed by atoms with Crippen LogP contribution in [0.25, 0.3) is 0 Å². The molecule has 2 rings (SSSR count). The molecule has 0 aliphatic rings. The molecule has 1 N–H and O–H groups in total. The van der Waals surface area contributed by atoms with E-state index in [1.165, 1.54) is 0 Å². The minimum absolute atomic E-state index is 0.0348. The Morgan fingerprint density at radius 3 is 2.50 bits per heavy atom. The molecule has 2 aromatic carbocycles. The van der Waals surface area contributed by atoms with Crippen molar-refractivity contribution in [2.24, 2.45) is 0 Å². The molecule has 1 atom stereocenters. The van der Waals surface area contributed by atoms with Gasteiger partial charge in [-0.2, -0.15) is 0 Å². The van der Waals surface area contributed by atoms with Crippen molar-refractivity contribution < 1.29 is 4.79 Å². The number of thioether (sulfide) groups is 1. The molecule has 0 heterocycles. The maximum Gasteiger partial charge on any atom is 0.237 e. The molecule has 0 aromatic heterocycles. The molecule has 0 aliphatic carbocycles. The number of anilines is 1. The van der Waals surface area contributed by atoms with Crippen LogP contribution in [-0.4, -0.2) is 11.2 Å². The standard InChI is InChI=1S/C17H19NOS/c1-12-9-10-13(2)16(11-12)18-17(19)14(3)20-15-7-5-4-6-8-15/h4-11,14H,1-3H3,(H,18,19)/t14-/m0/s1. The van der Waals surface area contributed by atoms with Crippen molar-refractivity contribution in [3.63, 3.8) is 0 Å². The normalized spacial score (nSPS) is 11.9. The topological polar surface area (TPSA) is 29.1 Å². The van der Waals surface area contributed by atoms with E-state index < -0.39 is 0 Å². The molecular formula is C17H19NOS. The maximum absolute atomic E-state index is 12.2. The molecule has 0 saturated heterocycles. The van der Waals surface area contributed by atoms with E-state index in [2.05, 4.69) is 5.32 Å². The first-order chi connectivity index (χ1) is 9.56. The fraction of sp³-hybridized carbons (Fsp3) is 0.235. The fourth-order valence-corrected chi connectivity index (χ4v) is 2.75. The average molecular weight is 285 g/mol. The van der Waals surface area contributed by atoms with Crippen LogP contribution in [0.2, 0.25) is 0 Å². The number of hydrogen-bond donors (Lipinski definition) is 1. The fourth-order valence-electron chi connectivity index (χ4n) is 1.86. The average Bonchev–Trinajstić information content (AvgIpc) is 2.44. The summed E-state index contributed by atoms with van der Waals surface area (Å²) in [6, 6.07) is 16.1. The van der Waals surface area contributed by atoms with Gasteiger partial charge < -0.3 is 5.32 Å². The number of carbonyl (C=O) groups excluding carboxylic acids is 1. The highest BCUT2D eigenvalue weighted by Gasteiger charge is 2.15. The molecule has 0 radical (unpaired) electrons. The van der Waals surface area contributed by atoms with Crippen LogP contribution in [-0.2, 0) is 4.79 Å². The molecule has 2 aromatic rings. The van der Waals surface area contributed by atoms with Gasteiger partial charge in [0.25, 0.3) is 0 Å². The van der Waals surface area contributed by atoms with Crippen LogP contribution in [0.5, 0.6) is 0 Å². The third-order valence-electron chi connectivity index (χ3n) is 3.08. The summed E-state index contributed by atoms with van der Waals surface area (Å²) < 4.78 is 0. The van der Waals surface area contributed by atoms with Gasteiger partial charge in [-0.15, -0.1) is 11.8 Å². The largest absolute Gasteiger partial charge is 0.325 e. The summed E-state index contributed by atoms with van der Waals surface area (Å²) in [5, 5.41) is 2.88. The van der Waals surface area contributed by atoms with Crippen LogP contribution >= 0.6 is 11.8 Å². The molecule has 104 valence electrons. The van der Waals surface area contributed by atoms with Gasteiger partial charge in [0.1, 0.15) is 0 Å². The third-order valence-corrected chi connectivity index (χ3v) is 4.19. The predicted molar refractivity (Wildman–Crippen MR) is 86.3 cm³/mol. The van der Waals surface area contributed by atoms with Gasteiger partial charge in [-0.3, -0.25) is 4.79 Å². The second-order valence-corrected chi connectivity index (χ2v) is 6.29. The maximum atomic E-state index is 12.2.